The van der Waals surface area contributed by atoms with Crippen molar-refractivity contribution in [2.45, 2.75) is 186 Å². The van der Waals surface area contributed by atoms with Crippen molar-refractivity contribution in [3.63, 3.8) is 0 Å². The Labute approximate surface area is 282 Å². The smallest absolute Gasteiger partial charge is 0.303 e. The van der Waals surface area contributed by atoms with E-state index in [9.17, 15) is 9.59 Å². The number of fused-ring (bicyclic) bond motifs is 1. The number of hydrogen-bond acceptors (Lipinski definition) is 8. The van der Waals surface area contributed by atoms with Crippen LogP contribution in [0.5, 0.6) is 0 Å². The normalized spacial score (nSPS) is 34.6. The van der Waals surface area contributed by atoms with Crippen LogP contribution in [0.4, 0.5) is 0 Å². The summed E-state index contributed by atoms with van der Waals surface area (Å²) in [6.07, 6.45) is 3.10. The van der Waals surface area contributed by atoms with E-state index in [0.717, 1.165) is 24.7 Å². The first kappa shape index (κ1) is 39.6. The van der Waals surface area contributed by atoms with E-state index in [1.807, 2.05) is 0 Å². The van der Waals surface area contributed by atoms with Crippen LogP contribution in [-0.4, -0.2) is 84.3 Å². The molecule has 0 spiro atoms. The maximum Gasteiger partial charge on any atom is 0.303 e. The van der Waals surface area contributed by atoms with Crippen molar-refractivity contribution in [1.82, 2.24) is 0 Å². The van der Waals surface area contributed by atoms with Gasteiger partial charge in [-0.2, -0.15) is 0 Å². The van der Waals surface area contributed by atoms with E-state index in [2.05, 4.69) is 88.2 Å². The first-order valence-electron chi connectivity index (χ1n) is 17.7. The topological polar surface area (TPSA) is 89.5 Å². The molecule has 0 radical (unpaired) electrons. The lowest BCUT2D eigenvalue weighted by Gasteiger charge is -2.53. The lowest BCUT2D eigenvalue weighted by atomic mass is 9.79. The molecule has 0 aromatic heterocycles. The molecule has 10 heteroatoms. The Morgan fingerprint density at radius 3 is 2.13 bits per heavy atom. The second-order valence-electron chi connectivity index (χ2n) is 17.3. The Hall–Kier alpha value is -0.886. The van der Waals surface area contributed by atoms with Crippen LogP contribution in [0.25, 0.3) is 0 Å². The summed E-state index contributed by atoms with van der Waals surface area (Å²) < 4.78 is 40.0. The molecule has 0 aliphatic carbocycles. The lowest BCUT2D eigenvalue weighted by molar-refractivity contribution is -0.271. The highest BCUT2D eigenvalue weighted by molar-refractivity contribution is 6.74. The van der Waals surface area contributed by atoms with E-state index in [1.165, 1.54) is 6.92 Å². The maximum atomic E-state index is 12.4. The molecule has 3 rings (SSSR count). The number of esters is 1. The summed E-state index contributed by atoms with van der Waals surface area (Å²) in [7, 11) is -4.06. The number of aldehydes is 1. The first-order valence-corrected chi connectivity index (χ1v) is 23.5. The van der Waals surface area contributed by atoms with Crippen LogP contribution >= 0.6 is 0 Å². The molecule has 0 aromatic carbocycles. The molecule has 0 amide bonds. The van der Waals surface area contributed by atoms with Crippen LogP contribution in [-0.2, 0) is 37.4 Å². The molecule has 3 fully saturated rings. The Morgan fingerprint density at radius 2 is 1.57 bits per heavy atom. The van der Waals surface area contributed by atoms with Crippen molar-refractivity contribution in [2.24, 2.45) is 11.8 Å². The Balaban J connectivity index is 1.86. The van der Waals surface area contributed by atoms with Gasteiger partial charge in [0.1, 0.15) is 12.4 Å². The number of carbonyl (C=O) groups is 2. The van der Waals surface area contributed by atoms with Gasteiger partial charge in [-0.3, -0.25) is 4.79 Å². The molecule has 4 unspecified atom stereocenters. The van der Waals surface area contributed by atoms with Crippen molar-refractivity contribution in [2.75, 3.05) is 6.61 Å². The molecule has 46 heavy (non-hydrogen) atoms. The number of carbonyl (C=O) groups excluding carboxylic acids is 2. The third kappa shape index (κ3) is 9.63. The summed E-state index contributed by atoms with van der Waals surface area (Å²) >= 11 is 0. The molecule has 8 nitrogen and oxygen atoms in total. The monoisotopic (exact) mass is 682 g/mol. The van der Waals surface area contributed by atoms with E-state index in [-0.39, 0.29) is 70.6 Å². The van der Waals surface area contributed by atoms with Gasteiger partial charge < -0.3 is 32.6 Å². The fourth-order valence-corrected chi connectivity index (χ4v) is 8.98. The zero-order valence-corrected chi connectivity index (χ0v) is 33.3. The highest BCUT2D eigenvalue weighted by atomic mass is 28.4. The zero-order chi connectivity index (χ0) is 34.8. The molecule has 3 aliphatic heterocycles. The number of ether oxygens (including phenoxy) is 4. The van der Waals surface area contributed by atoms with Gasteiger partial charge in [0.2, 0.25) is 0 Å². The Kier molecular flexibility index (Phi) is 13.2. The van der Waals surface area contributed by atoms with Crippen LogP contribution in [0.1, 0.15) is 101 Å². The Morgan fingerprint density at radius 1 is 0.935 bits per heavy atom. The summed E-state index contributed by atoms with van der Waals surface area (Å²) in [6, 6.07) is 0. The van der Waals surface area contributed by atoms with Crippen molar-refractivity contribution >= 4 is 28.9 Å². The van der Waals surface area contributed by atoms with E-state index in [4.69, 9.17) is 27.8 Å². The van der Waals surface area contributed by atoms with Gasteiger partial charge in [0, 0.05) is 38.7 Å². The fraction of sp³-hybridized carbons (Fsp3) is 0.889. The van der Waals surface area contributed by atoms with E-state index >= 15 is 0 Å². The second-order valence-corrected chi connectivity index (χ2v) is 26.8. The molecule has 0 saturated carbocycles. The Bertz CT molecular complexity index is 1050. The predicted octanol–water partition coefficient (Wildman–Crippen LogP) is 8.00. The standard InChI is InChI=1S/C36H66O8Si2/c1-23-20-27(16-15-18-37)41-29(24(23)2)21-31-33(40-26(4)38)25(3)34-32(42-31)22-30(44-46(13,14)36(8,9)10)28(43-34)17-19-39-45(11,12)35(5,6)7/h18,23,25,27-34H,2,15-17,19-22H2,1,3-14H3/t23-,25-,27?,28?,29?,30?,31+,32+,33-,34+/m1/s1. The average Bonchev–Trinajstić information content (AvgIpc) is 2.91. The van der Waals surface area contributed by atoms with Crippen molar-refractivity contribution in [1.29, 1.82) is 0 Å². The van der Waals surface area contributed by atoms with Gasteiger partial charge in [-0.25, -0.2) is 0 Å². The molecule has 0 bridgehead atoms. The van der Waals surface area contributed by atoms with Gasteiger partial charge in [0.15, 0.2) is 16.6 Å². The van der Waals surface area contributed by atoms with Gasteiger partial charge >= 0.3 is 5.97 Å². The quantitative estimate of drug-likeness (QED) is 0.0886. The SMILES string of the molecule is C=C1C(C[C@@H]2O[C@H]3CC(O[Si](C)(C)C(C)(C)C)C(CCO[Si](C)(C)C(C)(C)C)O[C@H]3[C@H](C)[C@H]2OC(C)=O)OC(CCC=O)C[C@H]1C. The van der Waals surface area contributed by atoms with Gasteiger partial charge in [-0.15, -0.1) is 0 Å². The third-order valence-corrected chi connectivity index (χ3v) is 20.7. The fourth-order valence-electron chi connectivity index (χ4n) is 6.56. The third-order valence-electron chi connectivity index (χ3n) is 11.6. The van der Waals surface area contributed by atoms with E-state index < -0.39 is 22.7 Å². The zero-order valence-electron chi connectivity index (χ0n) is 31.3. The largest absolute Gasteiger partial charge is 0.459 e. The molecule has 0 aromatic rings. The molecule has 266 valence electrons. The van der Waals surface area contributed by atoms with E-state index in [0.29, 0.717) is 32.3 Å². The lowest BCUT2D eigenvalue weighted by Crippen LogP contribution is -2.63. The van der Waals surface area contributed by atoms with Crippen LogP contribution in [0, 0.1) is 11.8 Å². The van der Waals surface area contributed by atoms with Gasteiger partial charge in [-0.1, -0.05) is 62.0 Å². The molecule has 3 saturated heterocycles. The molecule has 3 heterocycles. The number of rotatable bonds is 12. The van der Waals surface area contributed by atoms with Crippen LogP contribution in [0.2, 0.25) is 36.3 Å². The van der Waals surface area contributed by atoms with Crippen molar-refractivity contribution in [3.05, 3.63) is 12.2 Å². The van der Waals surface area contributed by atoms with E-state index in [1.54, 1.807) is 0 Å². The van der Waals surface area contributed by atoms with Gasteiger partial charge in [-0.05, 0) is 67.0 Å². The van der Waals surface area contributed by atoms with Gasteiger partial charge in [0.05, 0.1) is 42.7 Å². The number of hydrogen-bond donors (Lipinski definition) is 0. The van der Waals surface area contributed by atoms with Crippen LogP contribution < -0.4 is 0 Å². The maximum absolute atomic E-state index is 12.4. The summed E-state index contributed by atoms with van der Waals surface area (Å²) in [5.74, 6) is -0.157. The van der Waals surface area contributed by atoms with Crippen molar-refractivity contribution in [3.8, 4) is 0 Å². The molecular formula is C36H66O8Si2. The minimum atomic E-state index is -2.13. The van der Waals surface area contributed by atoms with Crippen LogP contribution in [0.3, 0.4) is 0 Å². The highest BCUT2D eigenvalue weighted by Crippen LogP contribution is 2.45. The first-order chi connectivity index (χ1) is 21.1. The van der Waals surface area contributed by atoms with Gasteiger partial charge in [0.25, 0.3) is 0 Å². The summed E-state index contributed by atoms with van der Waals surface area (Å²) in [4.78, 5) is 23.5. The van der Waals surface area contributed by atoms with Crippen LogP contribution in [0.15, 0.2) is 12.2 Å². The van der Waals surface area contributed by atoms with Crippen molar-refractivity contribution < 1.29 is 37.4 Å². The second kappa shape index (κ2) is 15.3. The molecular weight excluding hydrogens is 617 g/mol. The minimum absolute atomic E-state index is 0.00804. The average molecular weight is 683 g/mol. The summed E-state index contributed by atoms with van der Waals surface area (Å²) in [6.45, 7) is 33.5. The highest BCUT2D eigenvalue weighted by Gasteiger charge is 2.53. The molecule has 0 N–H and O–H groups in total. The minimum Gasteiger partial charge on any atom is -0.459 e. The summed E-state index contributed by atoms with van der Waals surface area (Å²) in [5.41, 5.74) is 1.03. The summed E-state index contributed by atoms with van der Waals surface area (Å²) in [5, 5.41) is 0.172. The predicted molar refractivity (Wildman–Crippen MR) is 188 cm³/mol. The molecule has 3 aliphatic rings. The molecule has 10 atom stereocenters.